The molecule has 0 fully saturated rings. The highest BCUT2D eigenvalue weighted by Crippen LogP contribution is 2.41. The fraction of sp³-hybridized carbons (Fsp3) is 0.353. The van der Waals surface area contributed by atoms with Gasteiger partial charge in [-0.1, -0.05) is 48.9 Å². The molecule has 2 unspecified atom stereocenters. The summed E-state index contributed by atoms with van der Waals surface area (Å²) in [5.41, 5.74) is 1.16. The number of ether oxygens (including phenoxy) is 2. The van der Waals surface area contributed by atoms with E-state index in [1.54, 1.807) is 14.2 Å². The Kier molecular flexibility index (Phi) is 4.86. The highest BCUT2D eigenvalue weighted by atomic mass is 35.5. The molecular formula is C17H19ClO3. The quantitative estimate of drug-likeness (QED) is 0.776. The van der Waals surface area contributed by atoms with Crippen LogP contribution in [0.2, 0.25) is 0 Å². The van der Waals surface area contributed by atoms with E-state index in [0.29, 0.717) is 11.5 Å². The van der Waals surface area contributed by atoms with Crippen molar-refractivity contribution < 1.29 is 14.3 Å². The number of methoxy groups -OCH3 is 2. The van der Waals surface area contributed by atoms with Gasteiger partial charge in [-0.2, -0.15) is 0 Å². The van der Waals surface area contributed by atoms with Gasteiger partial charge in [0.25, 0.3) is 0 Å². The summed E-state index contributed by atoms with van der Waals surface area (Å²) >= 11 is 6.49. The molecule has 0 aromatic heterocycles. The molecule has 4 heteroatoms. The van der Waals surface area contributed by atoms with Crippen LogP contribution in [-0.2, 0) is 9.53 Å². The van der Waals surface area contributed by atoms with Gasteiger partial charge in [0.15, 0.2) is 0 Å². The summed E-state index contributed by atoms with van der Waals surface area (Å²) in [5.74, 6) is 0.496. The number of para-hydroxylation sites is 1. The number of benzene rings is 1. The Morgan fingerprint density at radius 3 is 2.62 bits per heavy atom. The molecule has 0 aliphatic heterocycles. The molecule has 1 aliphatic carbocycles. The summed E-state index contributed by atoms with van der Waals surface area (Å²) in [5, 5.41) is 0.664. The van der Waals surface area contributed by atoms with E-state index in [9.17, 15) is 4.79 Å². The second-order valence-electron chi connectivity index (χ2n) is 5.11. The first-order chi connectivity index (χ1) is 10.1. The zero-order valence-corrected chi connectivity index (χ0v) is 13.2. The Bertz CT molecular complexity index is 591. The Morgan fingerprint density at radius 2 is 2.05 bits per heavy atom. The van der Waals surface area contributed by atoms with E-state index >= 15 is 0 Å². The second-order valence-corrected chi connectivity index (χ2v) is 5.57. The smallest absolute Gasteiger partial charge is 0.126 e. The first-order valence-corrected chi connectivity index (χ1v) is 7.17. The minimum absolute atomic E-state index is 0.272. The maximum atomic E-state index is 11.1. The van der Waals surface area contributed by atoms with Gasteiger partial charge in [0.1, 0.15) is 17.6 Å². The van der Waals surface area contributed by atoms with E-state index in [2.05, 4.69) is 0 Å². The Morgan fingerprint density at radius 1 is 1.33 bits per heavy atom. The maximum Gasteiger partial charge on any atom is 0.126 e. The lowest BCUT2D eigenvalue weighted by atomic mass is 9.81. The summed E-state index contributed by atoms with van der Waals surface area (Å²) < 4.78 is 11.0. The van der Waals surface area contributed by atoms with Crippen LogP contribution >= 0.6 is 11.6 Å². The molecule has 21 heavy (non-hydrogen) atoms. The summed E-state index contributed by atoms with van der Waals surface area (Å²) in [4.78, 5) is 11.1. The van der Waals surface area contributed by atoms with Gasteiger partial charge < -0.3 is 14.3 Å². The third-order valence-corrected chi connectivity index (χ3v) is 4.35. The summed E-state index contributed by atoms with van der Waals surface area (Å²) in [6, 6.07) is 7.71. The highest BCUT2D eigenvalue weighted by Gasteiger charge is 2.37. The number of hydrogen-bond acceptors (Lipinski definition) is 3. The fourth-order valence-corrected chi connectivity index (χ4v) is 2.94. The number of allylic oxidation sites excluding steroid dienone is 2. The summed E-state index contributed by atoms with van der Waals surface area (Å²) in [6.07, 6.45) is 5.19. The third-order valence-electron chi connectivity index (χ3n) is 4.01. The van der Waals surface area contributed by atoms with E-state index in [0.717, 1.165) is 23.2 Å². The van der Waals surface area contributed by atoms with E-state index in [1.165, 1.54) is 0 Å². The van der Waals surface area contributed by atoms with E-state index in [4.69, 9.17) is 21.1 Å². The van der Waals surface area contributed by atoms with Gasteiger partial charge >= 0.3 is 0 Å². The summed E-state index contributed by atoms with van der Waals surface area (Å²) in [7, 11) is 3.23. The number of carbonyl (C=O) groups is 1. The van der Waals surface area contributed by atoms with Crippen molar-refractivity contribution in [1.29, 1.82) is 0 Å². The minimum atomic E-state index is -0.676. The largest absolute Gasteiger partial charge is 0.496 e. The van der Waals surface area contributed by atoms with Gasteiger partial charge in [0.2, 0.25) is 0 Å². The number of halogens is 1. The van der Waals surface area contributed by atoms with Crippen LogP contribution in [-0.4, -0.2) is 26.1 Å². The Labute approximate surface area is 130 Å². The van der Waals surface area contributed by atoms with Crippen molar-refractivity contribution in [2.24, 2.45) is 5.92 Å². The predicted molar refractivity (Wildman–Crippen MR) is 84.5 cm³/mol. The first kappa shape index (κ1) is 15.8. The molecule has 1 aliphatic rings. The third kappa shape index (κ3) is 2.89. The van der Waals surface area contributed by atoms with Crippen LogP contribution in [0.3, 0.4) is 0 Å². The van der Waals surface area contributed by atoms with Crippen LogP contribution in [0.5, 0.6) is 5.75 Å². The minimum Gasteiger partial charge on any atom is -0.496 e. The zero-order chi connectivity index (χ0) is 15.5. The van der Waals surface area contributed by atoms with Crippen molar-refractivity contribution in [3.8, 4) is 5.75 Å². The number of hydrogen-bond donors (Lipinski definition) is 0. The normalized spacial score (nSPS) is 23.0. The molecule has 0 spiro atoms. The van der Waals surface area contributed by atoms with Crippen molar-refractivity contribution in [3.05, 3.63) is 47.0 Å². The van der Waals surface area contributed by atoms with Crippen LogP contribution < -0.4 is 4.74 Å². The van der Waals surface area contributed by atoms with E-state index < -0.39 is 5.60 Å². The van der Waals surface area contributed by atoms with Crippen molar-refractivity contribution in [2.75, 3.05) is 14.2 Å². The molecule has 0 saturated carbocycles. The standard InChI is InChI=1S/C17H19ClO3/c1-12(11-19)17(21-3)9-8-13(15(18)10-17)14-6-4-5-7-16(14)20-2/h4-9,11-12H,10H2,1-3H3. The van der Waals surface area contributed by atoms with Gasteiger partial charge in [0.05, 0.1) is 7.11 Å². The number of aldehydes is 1. The van der Waals surface area contributed by atoms with Gasteiger partial charge in [-0.25, -0.2) is 0 Å². The highest BCUT2D eigenvalue weighted by molar-refractivity contribution is 6.33. The Hall–Kier alpha value is -1.58. The van der Waals surface area contributed by atoms with Crippen LogP contribution in [0.15, 0.2) is 41.4 Å². The molecule has 1 aromatic rings. The van der Waals surface area contributed by atoms with Crippen molar-refractivity contribution in [2.45, 2.75) is 18.9 Å². The average molecular weight is 307 g/mol. The molecule has 112 valence electrons. The maximum absolute atomic E-state index is 11.1. The second kappa shape index (κ2) is 6.46. The molecule has 0 bridgehead atoms. The van der Waals surface area contributed by atoms with Crippen molar-refractivity contribution in [3.63, 3.8) is 0 Å². The molecule has 2 atom stereocenters. The van der Waals surface area contributed by atoms with Crippen molar-refractivity contribution in [1.82, 2.24) is 0 Å². The van der Waals surface area contributed by atoms with Crippen molar-refractivity contribution >= 4 is 23.5 Å². The van der Waals surface area contributed by atoms with E-state index in [-0.39, 0.29) is 5.92 Å². The predicted octanol–water partition coefficient (Wildman–Crippen LogP) is 3.83. The number of carbonyl (C=O) groups excluding carboxylic acids is 1. The molecule has 3 nitrogen and oxygen atoms in total. The zero-order valence-electron chi connectivity index (χ0n) is 12.4. The van der Waals surface area contributed by atoms with Gasteiger partial charge in [0, 0.05) is 30.0 Å². The molecule has 0 saturated heterocycles. The molecule has 0 radical (unpaired) electrons. The molecule has 0 N–H and O–H groups in total. The average Bonchev–Trinajstić information content (AvgIpc) is 2.53. The topological polar surface area (TPSA) is 35.5 Å². The fourth-order valence-electron chi connectivity index (χ4n) is 2.57. The molecule has 2 rings (SSSR count). The Balaban J connectivity index is 2.42. The van der Waals surface area contributed by atoms with Crippen LogP contribution in [0, 0.1) is 5.92 Å². The molecule has 0 heterocycles. The lowest BCUT2D eigenvalue weighted by Crippen LogP contribution is -2.39. The lowest BCUT2D eigenvalue weighted by Gasteiger charge is -2.35. The van der Waals surface area contributed by atoms with Crippen LogP contribution in [0.4, 0.5) is 0 Å². The van der Waals surface area contributed by atoms with Crippen LogP contribution in [0.25, 0.3) is 5.57 Å². The molecule has 1 aromatic carbocycles. The lowest BCUT2D eigenvalue weighted by molar-refractivity contribution is -0.118. The van der Waals surface area contributed by atoms with Crippen LogP contribution in [0.1, 0.15) is 18.9 Å². The monoisotopic (exact) mass is 306 g/mol. The van der Waals surface area contributed by atoms with Gasteiger partial charge in [-0.15, -0.1) is 0 Å². The first-order valence-electron chi connectivity index (χ1n) is 6.79. The SMILES string of the molecule is COc1ccccc1C1=C(Cl)CC(OC)(C(C)C=O)C=C1. The van der Waals surface area contributed by atoms with Gasteiger partial charge in [-0.05, 0) is 11.6 Å². The molecular weight excluding hydrogens is 288 g/mol. The van der Waals surface area contributed by atoms with E-state index in [1.807, 2.05) is 43.3 Å². The molecule has 0 amide bonds. The van der Waals surface area contributed by atoms with Gasteiger partial charge in [-0.3, -0.25) is 0 Å². The number of rotatable bonds is 5. The summed E-state index contributed by atoms with van der Waals surface area (Å²) in [6.45, 7) is 1.83.